The van der Waals surface area contributed by atoms with Crippen molar-refractivity contribution in [3.05, 3.63) is 39.2 Å². The summed E-state index contributed by atoms with van der Waals surface area (Å²) in [6.45, 7) is 0. The van der Waals surface area contributed by atoms with E-state index >= 15 is 0 Å². The molecule has 2 aromatic rings. The molecule has 0 amide bonds. The Morgan fingerprint density at radius 2 is 2.00 bits per heavy atom. The van der Waals surface area contributed by atoms with Crippen LogP contribution in [0, 0.1) is 0 Å². The fourth-order valence-electron chi connectivity index (χ4n) is 1.37. The number of benzene rings is 1. The summed E-state index contributed by atoms with van der Waals surface area (Å²) in [6.07, 6.45) is 0.993. The van der Waals surface area contributed by atoms with E-state index in [1.54, 1.807) is 0 Å². The molecule has 0 aliphatic carbocycles. The number of anilines is 1. The SMILES string of the molecule is CS(=O)(=O)Nc1ccc2[nH]c(=O)oc(=O)c2c1. The first-order valence-corrected chi connectivity index (χ1v) is 6.39. The van der Waals surface area contributed by atoms with Gasteiger partial charge in [-0.05, 0) is 18.2 Å². The first kappa shape index (κ1) is 11.4. The summed E-state index contributed by atoms with van der Waals surface area (Å²) in [4.78, 5) is 24.6. The van der Waals surface area contributed by atoms with Crippen LogP contribution in [0.15, 0.2) is 32.2 Å². The molecule has 0 bridgehead atoms. The van der Waals surface area contributed by atoms with Gasteiger partial charge in [0.25, 0.3) is 0 Å². The van der Waals surface area contributed by atoms with Crippen LogP contribution in [0.2, 0.25) is 0 Å². The first-order valence-electron chi connectivity index (χ1n) is 4.50. The number of aromatic nitrogens is 1. The molecule has 0 radical (unpaired) electrons. The van der Waals surface area contributed by atoms with E-state index in [0.29, 0.717) is 0 Å². The molecule has 1 aromatic carbocycles. The van der Waals surface area contributed by atoms with E-state index in [9.17, 15) is 18.0 Å². The predicted molar refractivity (Wildman–Crippen MR) is 61.6 cm³/mol. The second-order valence-corrected chi connectivity index (χ2v) is 5.19. The van der Waals surface area contributed by atoms with E-state index in [4.69, 9.17) is 0 Å². The Labute approximate surface area is 95.1 Å². The maximum absolute atomic E-state index is 11.4. The zero-order valence-electron chi connectivity index (χ0n) is 8.68. The molecule has 2 rings (SSSR count). The van der Waals surface area contributed by atoms with E-state index in [2.05, 4.69) is 14.1 Å². The zero-order chi connectivity index (χ0) is 12.6. The summed E-state index contributed by atoms with van der Waals surface area (Å²) in [7, 11) is -3.42. The number of aromatic amines is 1. The van der Waals surface area contributed by atoms with Crippen molar-refractivity contribution < 1.29 is 12.8 Å². The smallest absolute Gasteiger partial charge is 0.372 e. The lowest BCUT2D eigenvalue weighted by Crippen LogP contribution is -2.15. The summed E-state index contributed by atoms with van der Waals surface area (Å²) in [5, 5.41) is 0.0956. The number of rotatable bonds is 2. The third-order valence-corrected chi connectivity index (χ3v) is 2.57. The molecule has 90 valence electrons. The molecule has 0 atom stereocenters. The van der Waals surface area contributed by atoms with E-state index < -0.39 is 21.4 Å². The number of hydrogen-bond donors (Lipinski definition) is 2. The molecule has 0 saturated carbocycles. The van der Waals surface area contributed by atoms with Crippen LogP contribution in [0.4, 0.5) is 5.69 Å². The molecule has 1 aromatic heterocycles. The normalized spacial score (nSPS) is 11.6. The molecule has 1 heterocycles. The molecule has 0 saturated heterocycles. The largest absolute Gasteiger partial charge is 0.419 e. The molecule has 8 heteroatoms. The van der Waals surface area contributed by atoms with E-state index in [1.165, 1.54) is 18.2 Å². The quantitative estimate of drug-likeness (QED) is 0.776. The highest BCUT2D eigenvalue weighted by molar-refractivity contribution is 7.92. The average Bonchev–Trinajstić information content (AvgIpc) is 2.16. The number of nitrogens with one attached hydrogen (secondary N) is 2. The van der Waals surface area contributed by atoms with Crippen LogP contribution < -0.4 is 16.1 Å². The number of hydrogen-bond acceptors (Lipinski definition) is 5. The minimum Gasteiger partial charge on any atom is -0.372 e. The van der Waals surface area contributed by atoms with E-state index in [-0.39, 0.29) is 16.6 Å². The van der Waals surface area contributed by atoms with Crippen LogP contribution in [0.5, 0.6) is 0 Å². The van der Waals surface area contributed by atoms with Gasteiger partial charge in [0.2, 0.25) is 10.0 Å². The minimum atomic E-state index is -3.42. The summed E-state index contributed by atoms with van der Waals surface area (Å²) >= 11 is 0. The molecule has 7 nitrogen and oxygen atoms in total. The molecule has 2 N–H and O–H groups in total. The van der Waals surface area contributed by atoms with Gasteiger partial charge in [-0.2, -0.15) is 0 Å². The highest BCUT2D eigenvalue weighted by atomic mass is 32.2. The summed E-state index contributed by atoms with van der Waals surface area (Å²) in [5.41, 5.74) is -0.314. The monoisotopic (exact) mass is 256 g/mol. The van der Waals surface area contributed by atoms with Gasteiger partial charge in [0, 0.05) is 5.69 Å². The summed E-state index contributed by atoms with van der Waals surface area (Å²) < 4.78 is 28.6. The third-order valence-electron chi connectivity index (χ3n) is 1.96. The van der Waals surface area contributed by atoms with Crippen molar-refractivity contribution in [2.75, 3.05) is 11.0 Å². The number of sulfonamides is 1. The summed E-state index contributed by atoms with van der Waals surface area (Å²) in [5.74, 6) is -0.855. The van der Waals surface area contributed by atoms with Crippen molar-refractivity contribution in [1.82, 2.24) is 4.98 Å². The van der Waals surface area contributed by atoms with Gasteiger partial charge in [0.15, 0.2) is 0 Å². The Hall–Kier alpha value is -2.09. The first-order chi connectivity index (χ1) is 7.85. The van der Waals surface area contributed by atoms with Crippen LogP contribution >= 0.6 is 0 Å². The van der Waals surface area contributed by atoms with Crippen molar-refractivity contribution in [2.45, 2.75) is 0 Å². The molecule has 0 fully saturated rings. The Balaban J connectivity index is 2.66. The van der Waals surface area contributed by atoms with Crippen molar-refractivity contribution in [1.29, 1.82) is 0 Å². The van der Waals surface area contributed by atoms with Gasteiger partial charge in [-0.15, -0.1) is 0 Å². The minimum absolute atomic E-state index is 0.0956. The lowest BCUT2D eigenvalue weighted by Gasteiger charge is -2.03. The maximum Gasteiger partial charge on any atom is 0.419 e. The Kier molecular flexibility index (Phi) is 2.50. The predicted octanol–water partition coefficient (Wildman–Crippen LogP) is -0.147. The van der Waals surface area contributed by atoms with Crippen LogP contribution in [-0.4, -0.2) is 19.7 Å². The molecule has 0 aliphatic heterocycles. The van der Waals surface area contributed by atoms with Crippen molar-refractivity contribution in [3.8, 4) is 0 Å². The van der Waals surface area contributed by atoms with Crippen LogP contribution in [0.3, 0.4) is 0 Å². The fraction of sp³-hybridized carbons (Fsp3) is 0.111. The summed E-state index contributed by atoms with van der Waals surface area (Å²) in [6, 6.07) is 4.14. The molecule has 17 heavy (non-hydrogen) atoms. The number of H-pyrrole nitrogens is 1. The van der Waals surface area contributed by atoms with Gasteiger partial charge in [0.1, 0.15) is 0 Å². The Morgan fingerprint density at radius 1 is 1.29 bits per heavy atom. The van der Waals surface area contributed by atoms with E-state index in [0.717, 1.165) is 6.26 Å². The fourth-order valence-corrected chi connectivity index (χ4v) is 1.93. The van der Waals surface area contributed by atoms with Gasteiger partial charge < -0.3 is 4.42 Å². The van der Waals surface area contributed by atoms with Crippen LogP contribution in [-0.2, 0) is 10.0 Å². The van der Waals surface area contributed by atoms with Gasteiger partial charge >= 0.3 is 11.4 Å². The average molecular weight is 256 g/mol. The molecule has 0 spiro atoms. The van der Waals surface area contributed by atoms with Crippen LogP contribution in [0.1, 0.15) is 0 Å². The Morgan fingerprint density at radius 3 is 2.65 bits per heavy atom. The molecule has 0 aliphatic rings. The highest BCUT2D eigenvalue weighted by Gasteiger charge is 2.06. The second kappa shape index (κ2) is 3.74. The van der Waals surface area contributed by atoms with E-state index in [1.807, 2.05) is 0 Å². The second-order valence-electron chi connectivity index (χ2n) is 3.44. The highest BCUT2D eigenvalue weighted by Crippen LogP contribution is 2.14. The van der Waals surface area contributed by atoms with Gasteiger partial charge in [-0.3, -0.25) is 9.71 Å². The molecular formula is C9H8N2O5S. The Bertz CT molecular complexity index is 787. The standard InChI is InChI=1S/C9H8N2O5S/c1-17(14,15)11-5-2-3-7-6(4-5)8(12)16-9(13)10-7/h2-4,11H,1H3,(H,10,13). The van der Waals surface area contributed by atoms with Crippen LogP contribution in [0.25, 0.3) is 10.9 Å². The lowest BCUT2D eigenvalue weighted by molar-refractivity contribution is 0.460. The molecular weight excluding hydrogens is 248 g/mol. The zero-order valence-corrected chi connectivity index (χ0v) is 9.50. The van der Waals surface area contributed by atoms with Crippen molar-refractivity contribution in [2.24, 2.45) is 0 Å². The van der Waals surface area contributed by atoms with Gasteiger partial charge in [0.05, 0.1) is 17.2 Å². The number of fused-ring (bicyclic) bond motifs is 1. The topological polar surface area (TPSA) is 109 Å². The van der Waals surface area contributed by atoms with Crippen molar-refractivity contribution >= 4 is 26.6 Å². The maximum atomic E-state index is 11.4. The third kappa shape index (κ3) is 2.53. The lowest BCUT2D eigenvalue weighted by atomic mass is 10.2. The molecule has 0 unspecified atom stereocenters. The van der Waals surface area contributed by atoms with Gasteiger partial charge in [-0.1, -0.05) is 0 Å². The van der Waals surface area contributed by atoms with Gasteiger partial charge in [-0.25, -0.2) is 18.0 Å². The van der Waals surface area contributed by atoms with Crippen molar-refractivity contribution in [3.63, 3.8) is 0 Å².